The molecule has 4 rings (SSSR count). The summed E-state index contributed by atoms with van der Waals surface area (Å²) >= 11 is 4.37. The average molecular weight is 704 g/mol. The van der Waals surface area contributed by atoms with Gasteiger partial charge in [0.25, 0.3) is 0 Å². The van der Waals surface area contributed by atoms with E-state index in [-0.39, 0.29) is 24.7 Å². The van der Waals surface area contributed by atoms with Crippen LogP contribution in [-0.4, -0.2) is 62.7 Å². The van der Waals surface area contributed by atoms with Gasteiger partial charge in [0.2, 0.25) is 23.6 Å². The van der Waals surface area contributed by atoms with Crippen molar-refractivity contribution in [2.45, 2.75) is 56.8 Å². The summed E-state index contributed by atoms with van der Waals surface area (Å²) in [5.41, 5.74) is 7.32. The summed E-state index contributed by atoms with van der Waals surface area (Å²) in [5.74, 6) is -1.53. The number of carbonyl (C=O) groups is 4. The first-order chi connectivity index (χ1) is 16.7. The number of aromatic nitrogens is 2. The van der Waals surface area contributed by atoms with E-state index in [1.54, 1.807) is 0 Å². The predicted octanol–water partition coefficient (Wildman–Crippen LogP) is 0.923. The maximum absolute atomic E-state index is 13.6. The Hall–Kier alpha value is -2.23. The topological polar surface area (TPSA) is 139 Å². The van der Waals surface area contributed by atoms with E-state index in [4.69, 9.17) is 5.73 Å². The van der Waals surface area contributed by atoms with Crippen molar-refractivity contribution in [2.75, 3.05) is 6.54 Å². The van der Waals surface area contributed by atoms with E-state index in [2.05, 4.69) is 65.4 Å². The molecule has 35 heavy (non-hydrogen) atoms. The van der Waals surface area contributed by atoms with Gasteiger partial charge >= 0.3 is 0 Å². The first-order valence-electron chi connectivity index (χ1n) is 11.4. The molecule has 2 aliphatic rings. The van der Waals surface area contributed by atoms with Crippen LogP contribution in [-0.2, 0) is 32.1 Å². The van der Waals surface area contributed by atoms with Gasteiger partial charge in [-0.2, -0.15) is 0 Å². The highest BCUT2D eigenvalue weighted by atomic mass is 127. The summed E-state index contributed by atoms with van der Waals surface area (Å²) in [5, 5.41) is 5.46. The number of likely N-dealkylation sites (tertiary alicyclic amines) is 1. The minimum Gasteiger partial charge on any atom is -0.368 e. The molecule has 3 atom stereocenters. The third kappa shape index (κ3) is 5.95. The second-order valence-corrected chi connectivity index (χ2v) is 10.7. The molecule has 2 fully saturated rings. The van der Waals surface area contributed by atoms with Gasteiger partial charge in [0, 0.05) is 19.4 Å². The van der Waals surface area contributed by atoms with Crippen molar-refractivity contribution in [2.24, 2.45) is 5.73 Å². The number of benzene rings is 1. The predicted molar refractivity (Wildman–Crippen MR) is 144 cm³/mol. The number of imidazole rings is 1. The van der Waals surface area contributed by atoms with Crippen LogP contribution in [0.4, 0.5) is 0 Å². The van der Waals surface area contributed by atoms with Crippen molar-refractivity contribution in [1.29, 1.82) is 0 Å². The molecule has 186 valence electrons. The molecule has 4 N–H and O–H groups in total. The van der Waals surface area contributed by atoms with Crippen LogP contribution >= 0.6 is 45.2 Å². The Labute approximate surface area is 230 Å². The van der Waals surface area contributed by atoms with Crippen molar-refractivity contribution < 1.29 is 19.2 Å². The Morgan fingerprint density at radius 1 is 1.20 bits per heavy atom. The van der Waals surface area contributed by atoms with Crippen LogP contribution < -0.4 is 16.4 Å². The molecule has 2 saturated heterocycles. The Morgan fingerprint density at radius 3 is 2.60 bits per heavy atom. The number of amides is 4. The summed E-state index contributed by atoms with van der Waals surface area (Å²) in [6, 6.07) is 7.67. The maximum atomic E-state index is 13.6. The molecule has 2 aliphatic heterocycles. The third-order valence-electron chi connectivity index (χ3n) is 6.30. The van der Waals surface area contributed by atoms with Gasteiger partial charge in [0.1, 0.15) is 21.8 Å². The van der Waals surface area contributed by atoms with Crippen LogP contribution in [0.3, 0.4) is 0 Å². The van der Waals surface area contributed by atoms with Gasteiger partial charge in [0.15, 0.2) is 3.83 Å². The SMILES string of the molecule is NC(=O)[C@@H]1CCCN1C(=O)[C@H](Cc1nc(I)n(Cc2ccccc2)c1I)NC(=O)[C@@H]1CCC(=O)N1. The number of nitrogens with one attached hydrogen (secondary N) is 2. The second kappa shape index (κ2) is 11.2. The van der Waals surface area contributed by atoms with Gasteiger partial charge in [-0.3, -0.25) is 19.2 Å². The molecule has 0 saturated carbocycles. The van der Waals surface area contributed by atoms with Crippen LogP contribution in [0, 0.1) is 7.53 Å². The molecule has 0 aliphatic carbocycles. The monoisotopic (exact) mass is 704 g/mol. The Bertz CT molecular complexity index is 1140. The third-order valence-corrected chi connectivity index (χ3v) is 8.33. The summed E-state index contributed by atoms with van der Waals surface area (Å²) in [6.45, 7) is 1.02. The van der Waals surface area contributed by atoms with E-state index in [0.29, 0.717) is 38.0 Å². The number of nitrogens with two attached hydrogens (primary N) is 1. The number of nitrogens with zero attached hydrogens (tertiary/aromatic N) is 3. The number of hydrogen-bond acceptors (Lipinski definition) is 5. The summed E-state index contributed by atoms with van der Waals surface area (Å²) in [4.78, 5) is 56.1. The van der Waals surface area contributed by atoms with E-state index in [0.717, 1.165) is 13.1 Å². The fraction of sp³-hybridized carbons (Fsp3) is 0.435. The quantitative estimate of drug-likeness (QED) is 0.351. The summed E-state index contributed by atoms with van der Waals surface area (Å²) < 4.78 is 3.68. The number of rotatable bonds is 8. The molecule has 1 aromatic carbocycles. The van der Waals surface area contributed by atoms with Crippen molar-refractivity contribution in [3.05, 3.63) is 49.1 Å². The normalized spacial score (nSPS) is 20.5. The zero-order chi connectivity index (χ0) is 25.1. The molecular formula is C23H26I2N6O4. The number of hydrogen-bond donors (Lipinski definition) is 3. The molecule has 10 nitrogen and oxygen atoms in total. The number of primary amides is 1. The van der Waals surface area contributed by atoms with Crippen molar-refractivity contribution in [3.63, 3.8) is 0 Å². The number of halogens is 2. The zero-order valence-electron chi connectivity index (χ0n) is 18.9. The van der Waals surface area contributed by atoms with E-state index >= 15 is 0 Å². The molecule has 2 aromatic rings. The van der Waals surface area contributed by atoms with Gasteiger partial charge in [0.05, 0.1) is 12.2 Å². The van der Waals surface area contributed by atoms with Crippen molar-refractivity contribution in [3.8, 4) is 0 Å². The molecule has 0 bridgehead atoms. The molecule has 0 spiro atoms. The molecule has 4 amide bonds. The number of carbonyl (C=O) groups excluding carboxylic acids is 4. The zero-order valence-corrected chi connectivity index (χ0v) is 23.2. The average Bonchev–Trinajstić information content (AvgIpc) is 3.55. The van der Waals surface area contributed by atoms with Crippen LogP contribution in [0.1, 0.15) is 36.9 Å². The van der Waals surface area contributed by atoms with E-state index in [1.807, 2.05) is 30.3 Å². The van der Waals surface area contributed by atoms with Crippen LogP contribution in [0.5, 0.6) is 0 Å². The van der Waals surface area contributed by atoms with E-state index in [1.165, 1.54) is 4.90 Å². The lowest BCUT2D eigenvalue weighted by atomic mass is 10.1. The van der Waals surface area contributed by atoms with Gasteiger partial charge in [-0.25, -0.2) is 4.98 Å². The molecule has 3 heterocycles. The molecule has 1 aromatic heterocycles. The first kappa shape index (κ1) is 25.9. The van der Waals surface area contributed by atoms with Gasteiger partial charge in [-0.1, -0.05) is 30.3 Å². The summed E-state index contributed by atoms with van der Waals surface area (Å²) in [7, 11) is 0. The second-order valence-electron chi connectivity index (χ2n) is 8.71. The van der Waals surface area contributed by atoms with Gasteiger partial charge in [-0.05, 0) is 70.0 Å². The van der Waals surface area contributed by atoms with Crippen molar-refractivity contribution in [1.82, 2.24) is 25.1 Å². The molecule has 12 heteroatoms. The molecule has 0 radical (unpaired) electrons. The van der Waals surface area contributed by atoms with Gasteiger partial charge in [-0.15, -0.1) is 0 Å². The molecular weight excluding hydrogens is 678 g/mol. The minimum atomic E-state index is -0.940. The highest BCUT2D eigenvalue weighted by Gasteiger charge is 2.38. The fourth-order valence-corrected chi connectivity index (χ4v) is 6.39. The Balaban J connectivity index is 1.58. The van der Waals surface area contributed by atoms with E-state index < -0.39 is 29.9 Å². The van der Waals surface area contributed by atoms with E-state index in [9.17, 15) is 19.2 Å². The van der Waals surface area contributed by atoms with Crippen LogP contribution in [0.15, 0.2) is 30.3 Å². The lowest BCUT2D eigenvalue weighted by molar-refractivity contribution is -0.140. The largest absolute Gasteiger partial charge is 0.368 e. The maximum Gasteiger partial charge on any atom is 0.246 e. The lowest BCUT2D eigenvalue weighted by Crippen LogP contribution is -2.56. The van der Waals surface area contributed by atoms with Crippen LogP contribution in [0.25, 0.3) is 0 Å². The minimum absolute atomic E-state index is 0.156. The smallest absolute Gasteiger partial charge is 0.246 e. The van der Waals surface area contributed by atoms with Gasteiger partial charge < -0.3 is 25.8 Å². The fourth-order valence-electron chi connectivity index (χ4n) is 4.49. The highest BCUT2D eigenvalue weighted by Crippen LogP contribution is 2.23. The Morgan fingerprint density at radius 2 is 1.94 bits per heavy atom. The first-order valence-corrected chi connectivity index (χ1v) is 13.5. The molecule has 0 unspecified atom stereocenters. The lowest BCUT2D eigenvalue weighted by Gasteiger charge is -2.28. The Kier molecular flexibility index (Phi) is 8.29. The van der Waals surface area contributed by atoms with Crippen LogP contribution in [0.2, 0.25) is 0 Å². The highest BCUT2D eigenvalue weighted by molar-refractivity contribution is 14.1. The van der Waals surface area contributed by atoms with Crippen molar-refractivity contribution >= 4 is 68.8 Å². The standard InChI is InChI=1S/C23H26I2N6O4/c24-19-15(29-23(25)31(19)12-13-5-2-1-3-6-13)11-16(28-21(34)14-8-9-18(32)27-14)22(35)30-10-4-7-17(30)20(26)33/h1-3,5-6,14,16-17H,4,7-12H2,(H2,26,33)(H,27,32)(H,28,34)/t14-,16-,17-/m0/s1. The summed E-state index contributed by atoms with van der Waals surface area (Å²) in [6.07, 6.45) is 1.97.